The lowest BCUT2D eigenvalue weighted by molar-refractivity contribution is 0.102. The molecule has 138 valence electrons. The third kappa shape index (κ3) is 4.99. The first kappa shape index (κ1) is 18.7. The van der Waals surface area contributed by atoms with Crippen LogP contribution in [0.1, 0.15) is 21.5 Å². The quantitative estimate of drug-likeness (QED) is 0.636. The van der Waals surface area contributed by atoms with Crippen LogP contribution in [-0.4, -0.2) is 18.0 Å². The molecule has 0 aliphatic heterocycles. The number of nitrogens with one attached hydrogen (secondary N) is 2. The van der Waals surface area contributed by atoms with E-state index in [9.17, 15) is 4.79 Å². The van der Waals surface area contributed by atoms with Crippen LogP contribution in [0.15, 0.2) is 60.9 Å². The molecule has 0 saturated heterocycles. The summed E-state index contributed by atoms with van der Waals surface area (Å²) in [7, 11) is 1.54. The zero-order chi connectivity index (χ0) is 19.2. The third-order valence-electron chi connectivity index (χ3n) is 4.03. The van der Waals surface area contributed by atoms with E-state index >= 15 is 0 Å². The largest absolute Gasteiger partial charge is 0.495 e. The molecule has 27 heavy (non-hydrogen) atoms. The van der Waals surface area contributed by atoms with E-state index in [0.29, 0.717) is 28.6 Å². The Morgan fingerprint density at radius 2 is 1.85 bits per heavy atom. The van der Waals surface area contributed by atoms with E-state index in [1.54, 1.807) is 37.6 Å². The Bertz CT molecular complexity index is 942. The van der Waals surface area contributed by atoms with Crippen LogP contribution in [0.5, 0.6) is 5.75 Å². The van der Waals surface area contributed by atoms with Gasteiger partial charge in [0.05, 0.1) is 23.4 Å². The zero-order valence-electron chi connectivity index (χ0n) is 15.1. The third-order valence-corrected chi connectivity index (χ3v) is 4.32. The summed E-state index contributed by atoms with van der Waals surface area (Å²) in [5.41, 5.74) is 4.19. The second-order valence-corrected chi connectivity index (χ2v) is 6.51. The molecule has 3 aromatic rings. The number of amides is 1. The van der Waals surface area contributed by atoms with Gasteiger partial charge >= 0.3 is 0 Å². The fraction of sp³-hybridized carbons (Fsp3) is 0.143. The van der Waals surface area contributed by atoms with E-state index in [4.69, 9.17) is 16.3 Å². The molecular formula is C21H20ClN3O2. The maximum atomic E-state index is 12.5. The number of carbonyl (C=O) groups is 1. The highest BCUT2D eigenvalue weighted by Crippen LogP contribution is 2.27. The first-order chi connectivity index (χ1) is 13.0. The van der Waals surface area contributed by atoms with Crippen LogP contribution >= 0.6 is 11.6 Å². The van der Waals surface area contributed by atoms with Crippen molar-refractivity contribution < 1.29 is 9.53 Å². The first-order valence-corrected chi connectivity index (χ1v) is 8.82. The summed E-state index contributed by atoms with van der Waals surface area (Å²) in [5.74, 6) is 0.293. The number of ether oxygens (including phenoxy) is 1. The summed E-state index contributed by atoms with van der Waals surface area (Å²) in [5, 5.41) is 6.53. The van der Waals surface area contributed by atoms with Gasteiger partial charge < -0.3 is 15.4 Å². The predicted octanol–water partition coefficient (Wildman–Crippen LogP) is 4.92. The molecule has 5 nitrogen and oxygen atoms in total. The summed E-state index contributed by atoms with van der Waals surface area (Å²) in [6, 6.07) is 15.1. The molecule has 6 heteroatoms. The van der Waals surface area contributed by atoms with Gasteiger partial charge in [0.1, 0.15) is 5.75 Å². The Kier molecular flexibility index (Phi) is 5.94. The van der Waals surface area contributed by atoms with Crippen LogP contribution in [0.4, 0.5) is 11.4 Å². The molecule has 0 bridgehead atoms. The first-order valence-electron chi connectivity index (χ1n) is 8.44. The maximum Gasteiger partial charge on any atom is 0.257 e. The Balaban J connectivity index is 1.66. The van der Waals surface area contributed by atoms with Crippen molar-refractivity contribution in [3.05, 3.63) is 82.6 Å². The van der Waals surface area contributed by atoms with Crippen molar-refractivity contribution >= 4 is 28.9 Å². The van der Waals surface area contributed by atoms with Gasteiger partial charge in [-0.05, 0) is 36.8 Å². The molecule has 3 rings (SSSR count). The minimum atomic E-state index is -0.261. The lowest BCUT2D eigenvalue weighted by Crippen LogP contribution is -2.13. The number of halogens is 1. The monoisotopic (exact) mass is 381 g/mol. The molecule has 0 atom stereocenters. The van der Waals surface area contributed by atoms with Crippen LogP contribution < -0.4 is 15.4 Å². The van der Waals surface area contributed by atoms with Gasteiger partial charge in [-0.3, -0.25) is 9.78 Å². The fourth-order valence-corrected chi connectivity index (χ4v) is 2.78. The van der Waals surface area contributed by atoms with Crippen molar-refractivity contribution in [1.29, 1.82) is 0 Å². The molecule has 0 aliphatic rings. The molecule has 0 unspecified atom stereocenters. The average Bonchev–Trinajstić information content (AvgIpc) is 2.68. The van der Waals surface area contributed by atoms with Gasteiger partial charge in [0.25, 0.3) is 5.91 Å². The second kappa shape index (κ2) is 8.56. The Morgan fingerprint density at radius 3 is 2.56 bits per heavy atom. The van der Waals surface area contributed by atoms with Gasteiger partial charge in [0.15, 0.2) is 0 Å². The topological polar surface area (TPSA) is 63.2 Å². The minimum absolute atomic E-state index is 0.261. The number of aryl methyl sites for hydroxylation is 1. The van der Waals surface area contributed by atoms with Crippen LogP contribution in [0.2, 0.25) is 5.02 Å². The van der Waals surface area contributed by atoms with Gasteiger partial charge in [-0.2, -0.15) is 0 Å². The van der Waals surface area contributed by atoms with Crippen molar-refractivity contribution in [1.82, 2.24) is 4.98 Å². The van der Waals surface area contributed by atoms with Gasteiger partial charge in [0.2, 0.25) is 0 Å². The summed E-state index contributed by atoms with van der Waals surface area (Å²) in [4.78, 5) is 16.6. The van der Waals surface area contributed by atoms with Crippen molar-refractivity contribution in [3.8, 4) is 5.75 Å². The zero-order valence-corrected chi connectivity index (χ0v) is 15.9. The molecule has 1 amide bonds. The molecule has 0 saturated carbocycles. The number of nitrogens with zero attached hydrogens (tertiary/aromatic N) is 1. The molecule has 2 aromatic carbocycles. The summed E-state index contributed by atoms with van der Waals surface area (Å²) in [6.45, 7) is 2.71. The summed E-state index contributed by atoms with van der Waals surface area (Å²) < 4.78 is 5.11. The molecule has 2 N–H and O–H groups in total. The summed E-state index contributed by atoms with van der Waals surface area (Å²) >= 11 is 6.09. The molecule has 0 aliphatic carbocycles. The van der Waals surface area contributed by atoms with E-state index in [-0.39, 0.29) is 5.91 Å². The smallest absolute Gasteiger partial charge is 0.257 e. The highest BCUT2D eigenvalue weighted by atomic mass is 35.5. The van der Waals surface area contributed by atoms with Gasteiger partial charge in [-0.15, -0.1) is 0 Å². The van der Waals surface area contributed by atoms with Crippen LogP contribution in [-0.2, 0) is 6.54 Å². The normalized spacial score (nSPS) is 10.3. The van der Waals surface area contributed by atoms with Crippen molar-refractivity contribution in [3.63, 3.8) is 0 Å². The number of pyridine rings is 1. The van der Waals surface area contributed by atoms with Gasteiger partial charge in [-0.1, -0.05) is 41.4 Å². The Morgan fingerprint density at radius 1 is 1.07 bits per heavy atom. The van der Waals surface area contributed by atoms with Crippen LogP contribution in [0, 0.1) is 6.92 Å². The Hall–Kier alpha value is -3.05. The van der Waals surface area contributed by atoms with Crippen molar-refractivity contribution in [2.24, 2.45) is 0 Å². The molecule has 0 radical (unpaired) electrons. The van der Waals surface area contributed by atoms with E-state index in [0.717, 1.165) is 11.3 Å². The Labute approximate surface area is 163 Å². The SMILES string of the molecule is COc1ccc(NC(=O)c2cncc(NCc3ccc(C)cc3)c2)cc1Cl. The summed E-state index contributed by atoms with van der Waals surface area (Å²) in [6.07, 6.45) is 3.22. The number of aromatic nitrogens is 1. The van der Waals surface area contributed by atoms with Crippen LogP contribution in [0.3, 0.4) is 0 Å². The van der Waals surface area contributed by atoms with Gasteiger partial charge in [0, 0.05) is 24.6 Å². The van der Waals surface area contributed by atoms with E-state index < -0.39 is 0 Å². The minimum Gasteiger partial charge on any atom is -0.495 e. The van der Waals surface area contributed by atoms with E-state index in [1.165, 1.54) is 11.8 Å². The number of hydrogen-bond acceptors (Lipinski definition) is 4. The average molecular weight is 382 g/mol. The highest BCUT2D eigenvalue weighted by molar-refractivity contribution is 6.32. The van der Waals surface area contributed by atoms with Crippen molar-refractivity contribution in [2.75, 3.05) is 17.7 Å². The molecular weight excluding hydrogens is 362 g/mol. The number of anilines is 2. The molecule has 1 heterocycles. The lowest BCUT2D eigenvalue weighted by atomic mass is 10.1. The standard InChI is InChI=1S/C21H20ClN3O2/c1-14-3-5-15(6-4-14)11-24-18-9-16(12-23-13-18)21(26)25-17-7-8-20(27-2)19(22)10-17/h3-10,12-13,24H,11H2,1-2H3,(H,25,26). The van der Waals surface area contributed by atoms with E-state index in [1.807, 2.05) is 0 Å². The number of hydrogen-bond donors (Lipinski definition) is 2. The molecule has 1 aromatic heterocycles. The highest BCUT2D eigenvalue weighted by Gasteiger charge is 2.09. The molecule has 0 spiro atoms. The van der Waals surface area contributed by atoms with Crippen molar-refractivity contribution in [2.45, 2.75) is 13.5 Å². The second-order valence-electron chi connectivity index (χ2n) is 6.10. The lowest BCUT2D eigenvalue weighted by Gasteiger charge is -2.10. The fourth-order valence-electron chi connectivity index (χ4n) is 2.52. The number of methoxy groups -OCH3 is 1. The predicted molar refractivity (Wildman–Crippen MR) is 109 cm³/mol. The molecule has 0 fully saturated rings. The van der Waals surface area contributed by atoms with Gasteiger partial charge in [-0.25, -0.2) is 0 Å². The number of benzene rings is 2. The number of carbonyl (C=O) groups excluding carboxylic acids is 1. The maximum absolute atomic E-state index is 12.5. The number of rotatable bonds is 6. The van der Waals surface area contributed by atoms with E-state index in [2.05, 4.69) is 46.8 Å². The van der Waals surface area contributed by atoms with Crippen LogP contribution in [0.25, 0.3) is 0 Å².